The summed E-state index contributed by atoms with van der Waals surface area (Å²) in [4.78, 5) is 4.51. The van der Waals surface area contributed by atoms with E-state index in [0.717, 1.165) is 36.6 Å². The molecule has 0 aliphatic heterocycles. The van der Waals surface area contributed by atoms with Crippen LogP contribution in [-0.4, -0.2) is 24.5 Å². The van der Waals surface area contributed by atoms with Gasteiger partial charge in [-0.2, -0.15) is 10.2 Å². The Bertz CT molecular complexity index is 509. The van der Waals surface area contributed by atoms with Gasteiger partial charge in [-0.25, -0.2) is 9.67 Å². The van der Waals surface area contributed by atoms with Crippen LogP contribution in [0.3, 0.4) is 0 Å². The van der Waals surface area contributed by atoms with E-state index in [1.165, 1.54) is 0 Å². The molecule has 0 N–H and O–H groups in total. The zero-order chi connectivity index (χ0) is 13.1. The minimum Gasteiger partial charge on any atom is -0.272 e. The molecule has 5 heteroatoms. The van der Waals surface area contributed by atoms with Gasteiger partial charge in [-0.1, -0.05) is 20.8 Å². The average Bonchev–Trinajstić information content (AvgIpc) is 2.92. The fraction of sp³-hybridized carbons (Fsp3) is 0.615. The van der Waals surface area contributed by atoms with Crippen LogP contribution in [0.15, 0.2) is 12.4 Å². The van der Waals surface area contributed by atoms with Crippen LogP contribution in [0.5, 0.6) is 0 Å². The van der Waals surface area contributed by atoms with Crippen molar-refractivity contribution in [2.75, 3.05) is 0 Å². The summed E-state index contributed by atoms with van der Waals surface area (Å²) >= 11 is 0. The van der Waals surface area contributed by atoms with Crippen LogP contribution < -0.4 is 0 Å². The molecule has 0 unspecified atom stereocenters. The Morgan fingerprint density at radius 3 is 2.72 bits per heavy atom. The summed E-state index contributed by atoms with van der Waals surface area (Å²) in [7, 11) is 1.92. The minimum atomic E-state index is 0.694. The van der Waals surface area contributed by atoms with E-state index >= 15 is 0 Å². The molecular weight excluding hydrogens is 226 g/mol. The Labute approximate surface area is 108 Å². The van der Waals surface area contributed by atoms with Gasteiger partial charge in [0, 0.05) is 26.2 Å². The molecule has 2 aromatic rings. The first-order chi connectivity index (χ1) is 8.60. The standard InChI is InChI=1S/C13H21N5/c1-5-12-15-13(17(4)16-12)11-8-14-18(9-11)7-6-10(2)3/h8-10H,5-7H2,1-4H3. The third-order valence-corrected chi connectivity index (χ3v) is 2.95. The van der Waals surface area contributed by atoms with E-state index in [9.17, 15) is 0 Å². The summed E-state index contributed by atoms with van der Waals surface area (Å²) in [5.74, 6) is 2.46. The predicted molar refractivity (Wildman–Crippen MR) is 71.1 cm³/mol. The van der Waals surface area contributed by atoms with Crippen molar-refractivity contribution in [3.8, 4) is 11.4 Å². The molecule has 0 radical (unpaired) electrons. The van der Waals surface area contributed by atoms with Gasteiger partial charge in [0.25, 0.3) is 0 Å². The number of hydrogen-bond donors (Lipinski definition) is 0. The van der Waals surface area contributed by atoms with Gasteiger partial charge >= 0.3 is 0 Å². The van der Waals surface area contributed by atoms with Gasteiger partial charge < -0.3 is 0 Å². The average molecular weight is 247 g/mol. The van der Waals surface area contributed by atoms with Gasteiger partial charge in [0.2, 0.25) is 0 Å². The fourth-order valence-corrected chi connectivity index (χ4v) is 1.83. The van der Waals surface area contributed by atoms with E-state index in [-0.39, 0.29) is 0 Å². The molecule has 2 heterocycles. The predicted octanol–water partition coefficient (Wildman–Crippen LogP) is 2.29. The highest BCUT2D eigenvalue weighted by molar-refractivity contribution is 5.52. The van der Waals surface area contributed by atoms with Crippen molar-refractivity contribution in [2.24, 2.45) is 13.0 Å². The molecule has 0 atom stereocenters. The van der Waals surface area contributed by atoms with Crippen molar-refractivity contribution in [2.45, 2.75) is 40.2 Å². The van der Waals surface area contributed by atoms with Crippen LogP contribution in [0, 0.1) is 5.92 Å². The molecule has 0 saturated carbocycles. The molecule has 0 spiro atoms. The van der Waals surface area contributed by atoms with Crippen LogP contribution in [-0.2, 0) is 20.0 Å². The first-order valence-corrected chi connectivity index (χ1v) is 6.53. The second kappa shape index (κ2) is 5.33. The van der Waals surface area contributed by atoms with Crippen molar-refractivity contribution >= 4 is 0 Å². The van der Waals surface area contributed by atoms with Crippen molar-refractivity contribution in [1.29, 1.82) is 0 Å². The molecule has 2 rings (SSSR count). The molecule has 5 nitrogen and oxygen atoms in total. The number of rotatable bonds is 5. The summed E-state index contributed by atoms with van der Waals surface area (Å²) in [5, 5.41) is 8.73. The summed E-state index contributed by atoms with van der Waals surface area (Å²) in [6, 6.07) is 0. The third-order valence-electron chi connectivity index (χ3n) is 2.95. The quantitative estimate of drug-likeness (QED) is 0.814. The van der Waals surface area contributed by atoms with E-state index in [1.54, 1.807) is 0 Å². The SMILES string of the molecule is CCc1nc(-c2cnn(CCC(C)C)c2)n(C)n1. The Morgan fingerprint density at radius 2 is 2.11 bits per heavy atom. The van der Waals surface area contributed by atoms with E-state index in [2.05, 4.69) is 36.0 Å². The van der Waals surface area contributed by atoms with Gasteiger partial charge in [0.15, 0.2) is 11.6 Å². The van der Waals surface area contributed by atoms with Gasteiger partial charge in [0.1, 0.15) is 0 Å². The maximum absolute atomic E-state index is 4.51. The zero-order valence-corrected chi connectivity index (χ0v) is 11.6. The Kier molecular flexibility index (Phi) is 3.79. The lowest BCUT2D eigenvalue weighted by Crippen LogP contribution is -2.01. The third kappa shape index (κ3) is 2.78. The lowest BCUT2D eigenvalue weighted by molar-refractivity contribution is 0.487. The summed E-state index contributed by atoms with van der Waals surface area (Å²) in [6.07, 6.45) is 5.91. The fourth-order valence-electron chi connectivity index (χ4n) is 1.83. The first-order valence-electron chi connectivity index (χ1n) is 6.53. The number of nitrogens with zero attached hydrogens (tertiary/aromatic N) is 5. The van der Waals surface area contributed by atoms with Gasteiger partial charge in [-0.05, 0) is 12.3 Å². The first kappa shape index (κ1) is 12.8. The Hall–Kier alpha value is -1.65. The topological polar surface area (TPSA) is 48.5 Å². The minimum absolute atomic E-state index is 0.694. The van der Waals surface area contributed by atoms with Crippen LogP contribution in [0.2, 0.25) is 0 Å². The largest absolute Gasteiger partial charge is 0.272 e. The molecule has 0 amide bonds. The Morgan fingerprint density at radius 1 is 1.33 bits per heavy atom. The lowest BCUT2D eigenvalue weighted by atomic mass is 10.1. The molecule has 0 bridgehead atoms. The van der Waals surface area contributed by atoms with Crippen molar-refractivity contribution < 1.29 is 0 Å². The summed E-state index contributed by atoms with van der Waals surface area (Å²) < 4.78 is 3.80. The second-order valence-electron chi connectivity index (χ2n) is 5.00. The van der Waals surface area contributed by atoms with Crippen molar-refractivity contribution in [1.82, 2.24) is 24.5 Å². The number of aryl methyl sites for hydroxylation is 3. The monoisotopic (exact) mass is 247 g/mol. The van der Waals surface area contributed by atoms with E-state index in [0.29, 0.717) is 5.92 Å². The molecule has 0 fully saturated rings. The highest BCUT2D eigenvalue weighted by Gasteiger charge is 2.10. The normalized spacial score (nSPS) is 11.4. The van der Waals surface area contributed by atoms with Crippen LogP contribution in [0.1, 0.15) is 33.0 Å². The van der Waals surface area contributed by atoms with E-state index < -0.39 is 0 Å². The summed E-state index contributed by atoms with van der Waals surface area (Å²) in [6.45, 7) is 7.46. The molecule has 0 aliphatic carbocycles. The molecule has 98 valence electrons. The zero-order valence-electron chi connectivity index (χ0n) is 11.6. The van der Waals surface area contributed by atoms with Gasteiger partial charge in [-0.15, -0.1) is 0 Å². The number of aromatic nitrogens is 5. The maximum Gasteiger partial charge on any atom is 0.161 e. The van der Waals surface area contributed by atoms with Crippen molar-refractivity contribution in [3.05, 3.63) is 18.2 Å². The van der Waals surface area contributed by atoms with Gasteiger partial charge in [-0.3, -0.25) is 4.68 Å². The Balaban J connectivity index is 2.15. The molecule has 0 saturated heterocycles. The lowest BCUT2D eigenvalue weighted by Gasteiger charge is -2.03. The van der Waals surface area contributed by atoms with Crippen LogP contribution in [0.4, 0.5) is 0 Å². The van der Waals surface area contributed by atoms with Crippen molar-refractivity contribution in [3.63, 3.8) is 0 Å². The smallest absolute Gasteiger partial charge is 0.161 e. The maximum atomic E-state index is 4.51. The molecule has 0 aliphatic rings. The highest BCUT2D eigenvalue weighted by Crippen LogP contribution is 2.16. The molecule has 0 aromatic carbocycles. The highest BCUT2D eigenvalue weighted by atomic mass is 15.3. The second-order valence-corrected chi connectivity index (χ2v) is 5.00. The summed E-state index contributed by atoms with van der Waals surface area (Å²) in [5.41, 5.74) is 1.04. The molecular formula is C13H21N5. The van der Waals surface area contributed by atoms with E-state index in [4.69, 9.17) is 0 Å². The van der Waals surface area contributed by atoms with Crippen LogP contribution >= 0.6 is 0 Å². The number of hydrogen-bond acceptors (Lipinski definition) is 3. The van der Waals surface area contributed by atoms with E-state index in [1.807, 2.05) is 28.8 Å². The van der Waals surface area contributed by atoms with Gasteiger partial charge in [0.05, 0.1) is 11.8 Å². The molecule has 18 heavy (non-hydrogen) atoms. The molecule has 2 aromatic heterocycles. The van der Waals surface area contributed by atoms with Crippen LogP contribution in [0.25, 0.3) is 11.4 Å².